The van der Waals surface area contributed by atoms with Crippen LogP contribution in [0.3, 0.4) is 0 Å². The third kappa shape index (κ3) is 5.75. The highest BCUT2D eigenvalue weighted by molar-refractivity contribution is 7.86. The van der Waals surface area contributed by atoms with Crippen molar-refractivity contribution in [1.29, 1.82) is 0 Å². The van der Waals surface area contributed by atoms with E-state index >= 15 is 0 Å². The van der Waals surface area contributed by atoms with E-state index < -0.39 is 10.2 Å². The molecular weight excluding hydrogens is 302 g/mol. The number of aryl methyl sites for hydroxylation is 1. The van der Waals surface area contributed by atoms with Gasteiger partial charge in [0.2, 0.25) is 5.91 Å². The number of nitrogens with zero attached hydrogens (tertiary/aromatic N) is 2. The molecule has 0 radical (unpaired) electrons. The Balaban J connectivity index is 2.41. The van der Waals surface area contributed by atoms with Crippen LogP contribution in [-0.4, -0.2) is 56.7 Å². The monoisotopic (exact) mass is 327 g/mol. The van der Waals surface area contributed by atoms with E-state index in [1.54, 1.807) is 0 Å². The summed E-state index contributed by atoms with van der Waals surface area (Å²) >= 11 is 0. The summed E-state index contributed by atoms with van der Waals surface area (Å²) in [5.41, 5.74) is 1.22. The second kappa shape index (κ2) is 8.26. The van der Waals surface area contributed by atoms with Gasteiger partial charge >= 0.3 is 0 Å². The highest BCUT2D eigenvalue weighted by atomic mass is 32.2. The van der Waals surface area contributed by atoms with Crippen molar-refractivity contribution < 1.29 is 13.2 Å². The van der Waals surface area contributed by atoms with Gasteiger partial charge in [0, 0.05) is 27.2 Å². The molecule has 0 heterocycles. The van der Waals surface area contributed by atoms with Gasteiger partial charge in [-0.1, -0.05) is 30.3 Å². The average molecular weight is 327 g/mol. The summed E-state index contributed by atoms with van der Waals surface area (Å²) in [4.78, 5) is 11.9. The molecule has 7 heteroatoms. The van der Waals surface area contributed by atoms with Crippen LogP contribution < -0.4 is 5.32 Å². The molecule has 1 aromatic rings. The standard InChI is InChI=1S/C15H25N3O3S/c1-13(10-11-14-8-6-5-7-9-14)16-15(19)12-18(4)22(20,21)17(2)3/h5-9,13H,10-12H2,1-4H3,(H,16,19)/t13-/m1/s1. The van der Waals surface area contributed by atoms with E-state index in [1.165, 1.54) is 26.7 Å². The number of benzene rings is 1. The zero-order valence-electron chi connectivity index (χ0n) is 13.6. The summed E-state index contributed by atoms with van der Waals surface area (Å²) in [6.45, 7) is 1.73. The molecule has 1 amide bonds. The van der Waals surface area contributed by atoms with Crippen LogP contribution in [0.4, 0.5) is 0 Å². The summed E-state index contributed by atoms with van der Waals surface area (Å²) < 4.78 is 25.8. The zero-order chi connectivity index (χ0) is 16.8. The van der Waals surface area contributed by atoms with Crippen molar-refractivity contribution in [2.24, 2.45) is 0 Å². The fraction of sp³-hybridized carbons (Fsp3) is 0.533. The van der Waals surface area contributed by atoms with E-state index in [4.69, 9.17) is 0 Å². The van der Waals surface area contributed by atoms with Crippen molar-refractivity contribution >= 4 is 16.1 Å². The first-order valence-corrected chi connectivity index (χ1v) is 8.60. The van der Waals surface area contributed by atoms with Crippen molar-refractivity contribution in [3.63, 3.8) is 0 Å². The number of amides is 1. The second-order valence-corrected chi connectivity index (χ2v) is 7.79. The van der Waals surface area contributed by atoms with Gasteiger partial charge in [-0.2, -0.15) is 17.0 Å². The molecule has 0 spiro atoms. The molecule has 0 bridgehead atoms. The van der Waals surface area contributed by atoms with Gasteiger partial charge in [-0.05, 0) is 25.3 Å². The molecular formula is C15H25N3O3S. The molecule has 1 N–H and O–H groups in total. The number of hydrogen-bond donors (Lipinski definition) is 1. The molecule has 0 aliphatic carbocycles. The van der Waals surface area contributed by atoms with Gasteiger partial charge in [-0.3, -0.25) is 4.79 Å². The van der Waals surface area contributed by atoms with Gasteiger partial charge in [0.05, 0.1) is 6.54 Å². The van der Waals surface area contributed by atoms with Gasteiger partial charge in [0.15, 0.2) is 0 Å². The molecule has 0 fully saturated rings. The van der Waals surface area contributed by atoms with E-state index in [-0.39, 0.29) is 18.5 Å². The summed E-state index contributed by atoms with van der Waals surface area (Å²) in [6, 6.07) is 10.0. The fourth-order valence-corrected chi connectivity index (χ4v) is 2.82. The minimum atomic E-state index is -3.56. The lowest BCUT2D eigenvalue weighted by Gasteiger charge is -2.22. The van der Waals surface area contributed by atoms with Crippen LogP contribution >= 0.6 is 0 Å². The Kier molecular flexibility index (Phi) is 6.99. The van der Waals surface area contributed by atoms with Crippen LogP contribution in [-0.2, 0) is 21.4 Å². The van der Waals surface area contributed by atoms with Crippen LogP contribution in [0.5, 0.6) is 0 Å². The van der Waals surface area contributed by atoms with E-state index in [2.05, 4.69) is 5.32 Å². The molecule has 1 aromatic carbocycles. The van der Waals surface area contributed by atoms with Crippen LogP contribution in [0.25, 0.3) is 0 Å². The van der Waals surface area contributed by atoms with Gasteiger partial charge < -0.3 is 5.32 Å². The number of rotatable bonds is 8. The third-order valence-electron chi connectivity index (χ3n) is 3.34. The van der Waals surface area contributed by atoms with Crippen molar-refractivity contribution in [1.82, 2.24) is 13.9 Å². The van der Waals surface area contributed by atoms with E-state index in [0.717, 1.165) is 21.5 Å². The first-order valence-electron chi connectivity index (χ1n) is 7.20. The largest absolute Gasteiger partial charge is 0.352 e. The maximum atomic E-state index is 11.9. The highest BCUT2D eigenvalue weighted by Crippen LogP contribution is 2.05. The Labute approximate surface area is 133 Å². The van der Waals surface area contributed by atoms with Gasteiger partial charge in [0.1, 0.15) is 0 Å². The molecule has 6 nitrogen and oxygen atoms in total. The minimum absolute atomic E-state index is 0.0110. The molecule has 0 saturated heterocycles. The number of carbonyl (C=O) groups excluding carboxylic acids is 1. The lowest BCUT2D eigenvalue weighted by molar-refractivity contribution is -0.121. The molecule has 0 saturated carbocycles. The average Bonchev–Trinajstić information content (AvgIpc) is 2.45. The van der Waals surface area contributed by atoms with Crippen LogP contribution in [0.15, 0.2) is 30.3 Å². The Hall–Kier alpha value is -1.44. The summed E-state index contributed by atoms with van der Waals surface area (Å²) in [6.07, 6.45) is 1.67. The van der Waals surface area contributed by atoms with Gasteiger partial charge in [0.25, 0.3) is 10.2 Å². The number of hydrogen-bond acceptors (Lipinski definition) is 3. The second-order valence-electron chi connectivity index (χ2n) is 5.54. The fourth-order valence-electron chi connectivity index (χ4n) is 1.98. The summed E-state index contributed by atoms with van der Waals surface area (Å²) in [5, 5.41) is 2.83. The smallest absolute Gasteiger partial charge is 0.281 e. The van der Waals surface area contributed by atoms with Gasteiger partial charge in [-0.25, -0.2) is 0 Å². The molecule has 0 aliphatic rings. The molecule has 0 unspecified atom stereocenters. The predicted octanol–water partition coefficient (Wildman–Crippen LogP) is 0.862. The van der Waals surface area contributed by atoms with E-state index in [0.29, 0.717) is 0 Å². The topological polar surface area (TPSA) is 69.7 Å². The lowest BCUT2D eigenvalue weighted by Crippen LogP contribution is -2.45. The predicted molar refractivity (Wildman–Crippen MR) is 87.6 cm³/mol. The zero-order valence-corrected chi connectivity index (χ0v) is 14.4. The Morgan fingerprint density at radius 3 is 2.32 bits per heavy atom. The quantitative estimate of drug-likeness (QED) is 0.770. The summed E-state index contributed by atoms with van der Waals surface area (Å²) in [5.74, 6) is -0.298. The number of carbonyl (C=O) groups is 1. The Morgan fingerprint density at radius 1 is 1.18 bits per heavy atom. The third-order valence-corrected chi connectivity index (χ3v) is 5.18. The van der Waals surface area contributed by atoms with Crippen molar-refractivity contribution in [3.05, 3.63) is 35.9 Å². The minimum Gasteiger partial charge on any atom is -0.352 e. The highest BCUT2D eigenvalue weighted by Gasteiger charge is 2.23. The maximum absolute atomic E-state index is 11.9. The van der Waals surface area contributed by atoms with Crippen molar-refractivity contribution in [2.45, 2.75) is 25.8 Å². The Bertz CT molecular complexity index is 573. The van der Waals surface area contributed by atoms with E-state index in [9.17, 15) is 13.2 Å². The molecule has 0 aliphatic heterocycles. The molecule has 22 heavy (non-hydrogen) atoms. The number of likely N-dealkylation sites (N-methyl/N-ethyl adjacent to an activating group) is 1. The first-order chi connectivity index (χ1) is 10.2. The summed E-state index contributed by atoms with van der Waals surface area (Å²) in [7, 11) is 0.709. The number of nitrogens with one attached hydrogen (secondary N) is 1. The van der Waals surface area contributed by atoms with Crippen LogP contribution in [0, 0.1) is 0 Å². The SMILES string of the molecule is C[C@H](CCc1ccccc1)NC(=O)CN(C)S(=O)(=O)N(C)C. The molecule has 124 valence electrons. The molecule has 1 rings (SSSR count). The maximum Gasteiger partial charge on any atom is 0.281 e. The van der Waals surface area contributed by atoms with Crippen molar-refractivity contribution in [2.75, 3.05) is 27.7 Å². The molecule has 1 atom stereocenters. The normalized spacial score (nSPS) is 13.4. The van der Waals surface area contributed by atoms with Gasteiger partial charge in [-0.15, -0.1) is 0 Å². The van der Waals surface area contributed by atoms with Crippen molar-refractivity contribution in [3.8, 4) is 0 Å². The first kappa shape index (κ1) is 18.6. The lowest BCUT2D eigenvalue weighted by atomic mass is 10.1. The molecule has 0 aromatic heterocycles. The van der Waals surface area contributed by atoms with E-state index in [1.807, 2.05) is 37.3 Å². The van der Waals surface area contributed by atoms with Crippen LogP contribution in [0.2, 0.25) is 0 Å². The van der Waals surface area contributed by atoms with Crippen LogP contribution in [0.1, 0.15) is 18.9 Å². The Morgan fingerprint density at radius 2 is 1.77 bits per heavy atom.